The Bertz CT molecular complexity index is 605. The monoisotopic (exact) mass is 300 g/mol. The summed E-state index contributed by atoms with van der Waals surface area (Å²) in [6.07, 6.45) is 3.68. The third kappa shape index (κ3) is 2.45. The molecule has 4 rings (SSSR count). The quantitative estimate of drug-likeness (QED) is 0.811. The molecular weight excluding hydrogens is 279 g/mol. The predicted octanol–water partition coefficient (Wildman–Crippen LogP) is 0.213. The molecule has 1 aromatic carbocycles. The first-order valence-corrected chi connectivity index (χ1v) is 8.07. The minimum Gasteiger partial charge on any atom is -0.423 e. The Kier molecular flexibility index (Phi) is 3.48. The van der Waals surface area contributed by atoms with Gasteiger partial charge in [0.25, 0.3) is 5.91 Å². The van der Waals surface area contributed by atoms with Gasteiger partial charge in [0, 0.05) is 37.8 Å². The Morgan fingerprint density at radius 2 is 2.23 bits per heavy atom. The molecule has 2 fully saturated rings. The van der Waals surface area contributed by atoms with Crippen molar-refractivity contribution in [1.82, 2.24) is 9.80 Å². The van der Waals surface area contributed by atoms with E-state index in [0.717, 1.165) is 36.6 Å². The molecule has 1 aliphatic carbocycles. The zero-order valence-corrected chi connectivity index (χ0v) is 12.9. The number of nitrogens with zero attached hydrogens (tertiary/aromatic N) is 2. The lowest BCUT2D eigenvalue weighted by molar-refractivity contribution is 0.0734. The lowest BCUT2D eigenvalue weighted by Gasteiger charge is -2.25. The molecule has 1 atom stereocenters. The first kappa shape index (κ1) is 14.2. The molecule has 5 nitrogen and oxygen atoms in total. The van der Waals surface area contributed by atoms with Gasteiger partial charge in [0.05, 0.1) is 6.61 Å². The zero-order chi connectivity index (χ0) is 15.3. The number of carbonyl (C=O) groups is 1. The molecule has 0 spiro atoms. The molecule has 0 radical (unpaired) electrons. The molecule has 0 bridgehead atoms. The highest BCUT2D eigenvalue weighted by atomic mass is 16.5. The van der Waals surface area contributed by atoms with Crippen LogP contribution in [0.25, 0.3) is 0 Å². The van der Waals surface area contributed by atoms with Gasteiger partial charge in [0.15, 0.2) is 0 Å². The van der Waals surface area contributed by atoms with Gasteiger partial charge in [-0.3, -0.25) is 9.69 Å². The molecule has 1 amide bonds. The molecule has 1 saturated heterocycles. The van der Waals surface area contributed by atoms with Gasteiger partial charge < -0.3 is 14.6 Å². The molecule has 2 aliphatic heterocycles. The van der Waals surface area contributed by atoms with Crippen molar-refractivity contribution < 1.29 is 14.5 Å². The van der Waals surface area contributed by atoms with Crippen molar-refractivity contribution in [3.63, 3.8) is 0 Å². The van der Waals surface area contributed by atoms with Gasteiger partial charge in [-0.25, -0.2) is 0 Å². The van der Waals surface area contributed by atoms with E-state index in [-0.39, 0.29) is 5.91 Å². The van der Waals surface area contributed by atoms with E-state index < -0.39 is 7.12 Å². The molecule has 22 heavy (non-hydrogen) atoms. The molecule has 0 unspecified atom stereocenters. The van der Waals surface area contributed by atoms with Gasteiger partial charge in [-0.05, 0) is 42.4 Å². The van der Waals surface area contributed by atoms with Crippen molar-refractivity contribution in [3.05, 3.63) is 29.3 Å². The number of benzene rings is 1. The summed E-state index contributed by atoms with van der Waals surface area (Å²) in [7, 11) is 0.994. The Labute approximate surface area is 131 Å². The molecule has 116 valence electrons. The third-order valence-electron chi connectivity index (χ3n) is 5.18. The highest BCUT2D eigenvalue weighted by Crippen LogP contribution is 2.31. The maximum absolute atomic E-state index is 12.7. The largest absolute Gasteiger partial charge is 0.491 e. The van der Waals surface area contributed by atoms with Crippen molar-refractivity contribution in [3.8, 4) is 0 Å². The highest BCUT2D eigenvalue weighted by molar-refractivity contribution is 6.61. The number of likely N-dealkylation sites (N-methyl/N-ethyl adjacent to an activating group) is 1. The van der Waals surface area contributed by atoms with Gasteiger partial charge in [-0.2, -0.15) is 0 Å². The van der Waals surface area contributed by atoms with Gasteiger partial charge in [-0.15, -0.1) is 0 Å². The lowest BCUT2D eigenvalue weighted by Crippen LogP contribution is -2.40. The Balaban J connectivity index is 1.48. The summed E-state index contributed by atoms with van der Waals surface area (Å²) in [6.45, 7) is 2.51. The predicted molar refractivity (Wildman–Crippen MR) is 83.9 cm³/mol. The zero-order valence-electron chi connectivity index (χ0n) is 12.9. The summed E-state index contributed by atoms with van der Waals surface area (Å²) in [5.74, 6) is 0.0320. The van der Waals surface area contributed by atoms with Crippen LogP contribution in [0.15, 0.2) is 18.2 Å². The van der Waals surface area contributed by atoms with E-state index in [0.29, 0.717) is 18.2 Å². The van der Waals surface area contributed by atoms with Crippen LogP contribution >= 0.6 is 0 Å². The summed E-state index contributed by atoms with van der Waals surface area (Å²) < 4.78 is 5.19. The molecule has 1 aromatic rings. The molecule has 6 heteroatoms. The minimum atomic E-state index is -0.898. The summed E-state index contributed by atoms with van der Waals surface area (Å²) in [6, 6.07) is 6.56. The normalized spacial score (nSPS) is 24.6. The van der Waals surface area contributed by atoms with E-state index in [1.54, 1.807) is 6.07 Å². The van der Waals surface area contributed by atoms with Crippen molar-refractivity contribution in [1.29, 1.82) is 0 Å². The van der Waals surface area contributed by atoms with E-state index in [1.807, 2.05) is 24.1 Å². The third-order valence-corrected chi connectivity index (χ3v) is 5.18. The number of rotatable bonds is 3. The van der Waals surface area contributed by atoms with Crippen LogP contribution in [0, 0.1) is 0 Å². The van der Waals surface area contributed by atoms with Crippen LogP contribution in [-0.2, 0) is 11.3 Å². The Hall–Kier alpha value is -1.37. The minimum absolute atomic E-state index is 0.0320. The van der Waals surface area contributed by atoms with E-state index in [1.165, 1.54) is 12.8 Å². The number of likely N-dealkylation sites (tertiary alicyclic amines) is 1. The van der Waals surface area contributed by atoms with Crippen molar-refractivity contribution >= 4 is 18.5 Å². The van der Waals surface area contributed by atoms with Gasteiger partial charge >= 0.3 is 7.12 Å². The summed E-state index contributed by atoms with van der Waals surface area (Å²) in [5.41, 5.74) is 2.33. The first-order valence-electron chi connectivity index (χ1n) is 8.07. The fraction of sp³-hybridized carbons (Fsp3) is 0.562. The number of fused-ring (bicyclic) bond motifs is 1. The average Bonchev–Trinajstić information content (AvgIpc) is 3.16. The van der Waals surface area contributed by atoms with Crippen LogP contribution < -0.4 is 5.46 Å². The topological polar surface area (TPSA) is 53.0 Å². The van der Waals surface area contributed by atoms with Gasteiger partial charge in [-0.1, -0.05) is 6.07 Å². The molecule has 1 N–H and O–H groups in total. The van der Waals surface area contributed by atoms with E-state index in [9.17, 15) is 9.82 Å². The lowest BCUT2D eigenvalue weighted by atomic mass is 9.78. The first-order chi connectivity index (χ1) is 10.6. The second kappa shape index (κ2) is 5.37. The number of carbonyl (C=O) groups excluding carboxylic acids is 1. The maximum atomic E-state index is 12.7. The smallest absolute Gasteiger partial charge is 0.423 e. The number of hydrogen-bond acceptors (Lipinski definition) is 4. The second-order valence-electron chi connectivity index (χ2n) is 6.66. The molecule has 2 heterocycles. The number of hydrogen-bond donors (Lipinski definition) is 1. The van der Waals surface area contributed by atoms with Crippen LogP contribution in [0.5, 0.6) is 0 Å². The summed E-state index contributed by atoms with van der Waals surface area (Å²) in [5, 5.41) is 9.79. The van der Waals surface area contributed by atoms with Crippen LogP contribution in [0.3, 0.4) is 0 Å². The molecular formula is C16H21BN2O3. The average molecular weight is 300 g/mol. The van der Waals surface area contributed by atoms with Crippen LogP contribution in [0.1, 0.15) is 35.2 Å². The van der Waals surface area contributed by atoms with Crippen LogP contribution in [-0.4, -0.2) is 60.1 Å². The van der Waals surface area contributed by atoms with Gasteiger partial charge in [0.1, 0.15) is 0 Å². The van der Waals surface area contributed by atoms with Gasteiger partial charge in [0.2, 0.25) is 0 Å². The Morgan fingerprint density at radius 3 is 3.00 bits per heavy atom. The fourth-order valence-electron chi connectivity index (χ4n) is 3.57. The SMILES string of the molecule is CN(C(=O)c1ccc2c(c1)B(O)OC2)[C@H]1CCN(C2CC2)C1. The molecule has 3 aliphatic rings. The van der Waals surface area contributed by atoms with Crippen molar-refractivity contribution in [2.45, 2.75) is 38.0 Å². The number of amides is 1. The van der Waals surface area contributed by atoms with Crippen molar-refractivity contribution in [2.75, 3.05) is 20.1 Å². The fourth-order valence-corrected chi connectivity index (χ4v) is 3.57. The van der Waals surface area contributed by atoms with E-state index >= 15 is 0 Å². The summed E-state index contributed by atoms with van der Waals surface area (Å²) >= 11 is 0. The highest BCUT2D eigenvalue weighted by Gasteiger charge is 2.37. The van der Waals surface area contributed by atoms with Crippen molar-refractivity contribution in [2.24, 2.45) is 0 Å². The molecule has 0 aromatic heterocycles. The van der Waals surface area contributed by atoms with E-state index in [2.05, 4.69) is 4.90 Å². The summed E-state index contributed by atoms with van der Waals surface area (Å²) in [4.78, 5) is 17.1. The van der Waals surface area contributed by atoms with Crippen LogP contribution in [0.2, 0.25) is 0 Å². The van der Waals surface area contributed by atoms with Crippen LogP contribution in [0.4, 0.5) is 0 Å². The molecule has 1 saturated carbocycles. The second-order valence-corrected chi connectivity index (χ2v) is 6.66. The maximum Gasteiger partial charge on any atom is 0.491 e. The standard InChI is InChI=1S/C16H21BN2O3/c1-18(14-6-7-19(9-14)13-4-5-13)16(20)11-2-3-12-10-22-17(21)15(12)8-11/h2-3,8,13-14,21H,4-7,9-10H2,1H3/t14-/m0/s1. The Morgan fingerprint density at radius 1 is 1.41 bits per heavy atom. The van der Waals surface area contributed by atoms with E-state index in [4.69, 9.17) is 4.65 Å².